The first-order valence-corrected chi connectivity index (χ1v) is 6.63. The van der Waals surface area contributed by atoms with Crippen LogP contribution in [0.15, 0.2) is 18.2 Å². The third-order valence-corrected chi connectivity index (χ3v) is 2.79. The summed E-state index contributed by atoms with van der Waals surface area (Å²) in [6.45, 7) is 13.3. The lowest BCUT2D eigenvalue weighted by atomic mass is 9.82. The van der Waals surface area contributed by atoms with Gasteiger partial charge in [-0.2, -0.15) is 5.26 Å². The van der Waals surface area contributed by atoms with Gasteiger partial charge in [0, 0.05) is 0 Å². The van der Waals surface area contributed by atoms with Gasteiger partial charge in [-0.15, -0.1) is 0 Å². The van der Waals surface area contributed by atoms with Crippen LogP contribution in [0, 0.1) is 22.2 Å². The minimum absolute atomic E-state index is 0.214. The summed E-state index contributed by atoms with van der Waals surface area (Å²) in [6, 6.07) is 8.68. The predicted octanol–water partition coefficient (Wildman–Crippen LogP) is 4.74. The van der Waals surface area contributed by atoms with Gasteiger partial charge in [0.1, 0.15) is 0 Å². The first-order valence-electron chi connectivity index (χ1n) is 6.63. The van der Waals surface area contributed by atoms with Crippen LogP contribution in [-0.4, -0.2) is 0 Å². The maximum absolute atomic E-state index is 9.44. The molecule has 1 aromatic carbocycles. The van der Waals surface area contributed by atoms with Crippen LogP contribution in [0.4, 0.5) is 0 Å². The van der Waals surface area contributed by atoms with Gasteiger partial charge in [0.2, 0.25) is 0 Å². The highest BCUT2D eigenvalue weighted by atomic mass is 14.3. The molecule has 0 bridgehead atoms. The summed E-state index contributed by atoms with van der Waals surface area (Å²) in [6.07, 6.45) is 1.90. The molecule has 1 nitrogen and oxygen atoms in total. The molecule has 1 aromatic rings. The van der Waals surface area contributed by atoms with E-state index < -0.39 is 0 Å². The average molecular weight is 243 g/mol. The van der Waals surface area contributed by atoms with Crippen molar-refractivity contribution in [2.75, 3.05) is 0 Å². The van der Waals surface area contributed by atoms with Gasteiger partial charge in [0.05, 0.1) is 11.6 Å². The molecule has 0 saturated heterocycles. The van der Waals surface area contributed by atoms with E-state index in [0.717, 1.165) is 18.4 Å². The number of rotatable bonds is 2. The number of benzene rings is 1. The second-order valence-corrected chi connectivity index (χ2v) is 7.54. The highest BCUT2D eigenvalue weighted by Crippen LogP contribution is 2.28. The van der Waals surface area contributed by atoms with Crippen LogP contribution in [0.1, 0.15) is 58.2 Å². The average Bonchev–Trinajstić information content (AvgIpc) is 2.12. The Morgan fingerprint density at radius 3 is 1.56 bits per heavy atom. The molecule has 0 aromatic heterocycles. The van der Waals surface area contributed by atoms with E-state index in [1.807, 2.05) is 0 Å². The molecule has 0 spiro atoms. The molecular formula is C17H25N. The largest absolute Gasteiger partial charge is 0.192 e. The number of nitriles is 1. The molecule has 0 radical (unpaired) electrons. The standard InChI is InChI=1S/C17H25N/c1-16(2,3)10-13-8-7-9-14(15(13)12-18)11-17(4,5)6/h7-9H,10-11H2,1-6H3. The van der Waals surface area contributed by atoms with Crippen LogP contribution in [-0.2, 0) is 12.8 Å². The summed E-state index contributed by atoms with van der Waals surface area (Å²) in [5, 5.41) is 9.44. The summed E-state index contributed by atoms with van der Waals surface area (Å²) in [5.41, 5.74) is 3.69. The smallest absolute Gasteiger partial charge is 0.0997 e. The van der Waals surface area contributed by atoms with Crippen molar-refractivity contribution in [2.24, 2.45) is 10.8 Å². The summed E-state index contributed by atoms with van der Waals surface area (Å²) in [5.74, 6) is 0. The zero-order valence-corrected chi connectivity index (χ0v) is 12.6. The minimum Gasteiger partial charge on any atom is -0.192 e. The third-order valence-electron chi connectivity index (χ3n) is 2.79. The van der Waals surface area contributed by atoms with Gasteiger partial charge in [-0.25, -0.2) is 0 Å². The summed E-state index contributed by atoms with van der Waals surface area (Å²) >= 11 is 0. The Morgan fingerprint density at radius 2 is 1.28 bits per heavy atom. The van der Waals surface area contributed by atoms with E-state index in [4.69, 9.17) is 0 Å². The van der Waals surface area contributed by atoms with Crippen molar-refractivity contribution in [2.45, 2.75) is 54.4 Å². The first kappa shape index (κ1) is 14.8. The topological polar surface area (TPSA) is 23.8 Å². The molecule has 0 N–H and O–H groups in total. The number of nitrogens with zero attached hydrogens (tertiary/aromatic N) is 1. The van der Waals surface area contributed by atoms with Crippen molar-refractivity contribution >= 4 is 0 Å². The van der Waals surface area contributed by atoms with E-state index in [1.54, 1.807) is 0 Å². The molecule has 0 saturated carbocycles. The van der Waals surface area contributed by atoms with Gasteiger partial charge in [0.25, 0.3) is 0 Å². The fourth-order valence-corrected chi connectivity index (χ4v) is 2.23. The molecule has 1 heteroatoms. The van der Waals surface area contributed by atoms with Gasteiger partial charge in [-0.1, -0.05) is 59.7 Å². The lowest BCUT2D eigenvalue weighted by Crippen LogP contribution is -2.14. The Bertz CT molecular complexity index is 416. The summed E-state index contributed by atoms with van der Waals surface area (Å²) in [4.78, 5) is 0. The molecule has 0 amide bonds. The van der Waals surface area contributed by atoms with E-state index in [0.29, 0.717) is 0 Å². The zero-order chi connectivity index (χ0) is 14.0. The molecule has 0 fully saturated rings. The van der Waals surface area contributed by atoms with Crippen molar-refractivity contribution in [3.8, 4) is 6.07 Å². The molecule has 0 heterocycles. The van der Waals surface area contributed by atoms with Crippen molar-refractivity contribution in [1.82, 2.24) is 0 Å². The quantitative estimate of drug-likeness (QED) is 0.736. The molecule has 0 aliphatic heterocycles. The van der Waals surface area contributed by atoms with Crippen molar-refractivity contribution in [1.29, 1.82) is 5.26 Å². The van der Waals surface area contributed by atoms with Crippen LogP contribution >= 0.6 is 0 Å². The maximum Gasteiger partial charge on any atom is 0.0997 e. The minimum atomic E-state index is 0.214. The predicted molar refractivity (Wildman–Crippen MR) is 77.5 cm³/mol. The van der Waals surface area contributed by atoms with E-state index in [1.165, 1.54) is 11.1 Å². The van der Waals surface area contributed by atoms with Crippen LogP contribution in [0.25, 0.3) is 0 Å². The van der Waals surface area contributed by atoms with E-state index in [-0.39, 0.29) is 10.8 Å². The maximum atomic E-state index is 9.44. The lowest BCUT2D eigenvalue weighted by molar-refractivity contribution is 0.405. The summed E-state index contributed by atoms with van der Waals surface area (Å²) in [7, 11) is 0. The molecule has 0 atom stereocenters. The Labute approximate surface area is 112 Å². The Hall–Kier alpha value is -1.29. The summed E-state index contributed by atoms with van der Waals surface area (Å²) < 4.78 is 0. The SMILES string of the molecule is CC(C)(C)Cc1cccc(CC(C)(C)C)c1C#N. The van der Waals surface area contributed by atoms with Gasteiger partial charge in [-0.3, -0.25) is 0 Å². The molecule has 1 rings (SSSR count). The van der Waals surface area contributed by atoms with Crippen molar-refractivity contribution in [3.05, 3.63) is 34.9 Å². The molecule has 0 aliphatic rings. The first-order chi connectivity index (χ1) is 8.12. The monoisotopic (exact) mass is 243 g/mol. The molecule has 18 heavy (non-hydrogen) atoms. The molecule has 0 unspecified atom stereocenters. The Kier molecular flexibility index (Phi) is 4.22. The van der Waals surface area contributed by atoms with Crippen LogP contribution in [0.5, 0.6) is 0 Å². The van der Waals surface area contributed by atoms with Gasteiger partial charge < -0.3 is 0 Å². The van der Waals surface area contributed by atoms with E-state index >= 15 is 0 Å². The molecule has 98 valence electrons. The Morgan fingerprint density at radius 1 is 0.889 bits per heavy atom. The van der Waals surface area contributed by atoms with Crippen molar-refractivity contribution in [3.63, 3.8) is 0 Å². The van der Waals surface area contributed by atoms with E-state index in [2.05, 4.69) is 65.8 Å². The zero-order valence-electron chi connectivity index (χ0n) is 12.6. The fourth-order valence-electron chi connectivity index (χ4n) is 2.23. The molecule has 0 aliphatic carbocycles. The highest BCUT2D eigenvalue weighted by molar-refractivity contribution is 5.45. The van der Waals surface area contributed by atoms with Gasteiger partial charge >= 0.3 is 0 Å². The highest BCUT2D eigenvalue weighted by Gasteiger charge is 2.19. The van der Waals surface area contributed by atoms with Crippen LogP contribution in [0.3, 0.4) is 0 Å². The number of hydrogen-bond acceptors (Lipinski definition) is 1. The van der Waals surface area contributed by atoms with Crippen LogP contribution < -0.4 is 0 Å². The molecular weight excluding hydrogens is 218 g/mol. The van der Waals surface area contributed by atoms with Gasteiger partial charge in [-0.05, 0) is 34.8 Å². The van der Waals surface area contributed by atoms with Crippen LogP contribution in [0.2, 0.25) is 0 Å². The van der Waals surface area contributed by atoms with E-state index in [9.17, 15) is 5.26 Å². The van der Waals surface area contributed by atoms with Gasteiger partial charge in [0.15, 0.2) is 0 Å². The number of hydrogen-bond donors (Lipinski definition) is 0. The lowest BCUT2D eigenvalue weighted by Gasteiger charge is -2.22. The second-order valence-electron chi connectivity index (χ2n) is 7.54. The third kappa shape index (κ3) is 4.53. The Balaban J connectivity index is 3.16. The fraction of sp³-hybridized carbons (Fsp3) is 0.588. The second kappa shape index (κ2) is 5.14. The normalized spacial score (nSPS) is 12.3. The van der Waals surface area contributed by atoms with Crippen molar-refractivity contribution < 1.29 is 0 Å².